The molecule has 5 aromatic heterocycles. The van der Waals surface area contributed by atoms with Crippen molar-refractivity contribution in [3.8, 4) is 16.3 Å². The van der Waals surface area contributed by atoms with E-state index in [1.54, 1.807) is 26.1 Å². The largest absolute Gasteiger partial charge is 0.433 e. The van der Waals surface area contributed by atoms with Crippen LogP contribution in [0.1, 0.15) is 35.1 Å². The van der Waals surface area contributed by atoms with Crippen molar-refractivity contribution in [2.75, 3.05) is 13.2 Å². The van der Waals surface area contributed by atoms with Crippen molar-refractivity contribution in [3.63, 3.8) is 0 Å². The molecule has 5 aromatic rings. The fourth-order valence-electron chi connectivity index (χ4n) is 4.27. The summed E-state index contributed by atoms with van der Waals surface area (Å²) < 4.78 is 46.8. The van der Waals surface area contributed by atoms with Crippen molar-refractivity contribution in [2.24, 2.45) is 0 Å². The molecule has 6 rings (SSSR count). The Morgan fingerprint density at radius 2 is 1.89 bits per heavy atom. The van der Waals surface area contributed by atoms with Crippen LogP contribution in [0.3, 0.4) is 0 Å². The number of aromatic nitrogens is 6. The standard InChI is InChI=1S/C25H19F3N6O2S/c1-12-13(2)32-24-22(31-12)23(35)21(19-7-15-9-30-20(25(26,27)28)8-18(15)37-19)33-34(24)16-3-4-17(29-10-16)14-5-6-36-11-14/h3-4,7-10,14H,5-6,11H2,1-2H3/t14-/m1/s1. The molecule has 1 atom stereocenters. The van der Waals surface area contributed by atoms with Crippen LogP contribution in [0.4, 0.5) is 13.2 Å². The summed E-state index contributed by atoms with van der Waals surface area (Å²) in [5, 5.41) is 5.09. The molecule has 0 saturated carbocycles. The SMILES string of the molecule is Cc1nc2c(=O)c(-c3cc4cnc(C(F)(F)F)cc4s3)nn(-c3ccc([C@@H]4CCOC4)nc3)c2nc1C. The maximum atomic E-state index is 13.5. The molecule has 1 aliphatic rings. The molecule has 0 aromatic carbocycles. The lowest BCUT2D eigenvalue weighted by molar-refractivity contribution is -0.141. The van der Waals surface area contributed by atoms with Crippen LogP contribution in [0.5, 0.6) is 0 Å². The molecule has 0 bridgehead atoms. The maximum Gasteiger partial charge on any atom is 0.433 e. The van der Waals surface area contributed by atoms with E-state index in [0.717, 1.165) is 35.7 Å². The quantitative estimate of drug-likeness (QED) is 0.328. The fourth-order valence-corrected chi connectivity index (χ4v) is 5.33. The van der Waals surface area contributed by atoms with Gasteiger partial charge in [-0.3, -0.25) is 14.8 Å². The van der Waals surface area contributed by atoms with Gasteiger partial charge in [0.25, 0.3) is 0 Å². The summed E-state index contributed by atoms with van der Waals surface area (Å²) in [6.07, 6.45) is -0.854. The van der Waals surface area contributed by atoms with Gasteiger partial charge in [0, 0.05) is 34.5 Å². The molecule has 0 aliphatic carbocycles. The Morgan fingerprint density at radius 1 is 1.08 bits per heavy atom. The van der Waals surface area contributed by atoms with Crippen LogP contribution in [0.25, 0.3) is 37.5 Å². The molecule has 37 heavy (non-hydrogen) atoms. The average molecular weight is 525 g/mol. The summed E-state index contributed by atoms with van der Waals surface area (Å²) in [4.78, 5) is 31.1. The van der Waals surface area contributed by atoms with Crippen molar-refractivity contribution >= 4 is 32.6 Å². The lowest BCUT2D eigenvalue weighted by Gasteiger charge is -2.13. The Morgan fingerprint density at radius 3 is 2.59 bits per heavy atom. The number of nitrogens with zero attached hydrogens (tertiary/aromatic N) is 6. The third kappa shape index (κ3) is 4.15. The molecule has 1 fully saturated rings. The van der Waals surface area contributed by atoms with Gasteiger partial charge in [-0.05, 0) is 44.5 Å². The number of pyridine rings is 2. The molecule has 8 nitrogen and oxygen atoms in total. The Balaban J connectivity index is 1.54. The summed E-state index contributed by atoms with van der Waals surface area (Å²) in [6, 6.07) is 6.34. The number of thiophene rings is 1. The number of halogens is 3. The zero-order valence-electron chi connectivity index (χ0n) is 19.7. The highest BCUT2D eigenvalue weighted by Crippen LogP contribution is 2.35. The van der Waals surface area contributed by atoms with E-state index in [1.807, 2.05) is 12.1 Å². The number of aryl methyl sites for hydroxylation is 2. The van der Waals surface area contributed by atoms with E-state index in [-0.39, 0.29) is 22.8 Å². The van der Waals surface area contributed by atoms with Gasteiger partial charge in [-0.15, -0.1) is 11.3 Å². The fraction of sp³-hybridized carbons (Fsp3) is 0.280. The molecule has 1 aliphatic heterocycles. The number of alkyl halides is 3. The number of hydrogen-bond donors (Lipinski definition) is 0. The van der Waals surface area contributed by atoms with Gasteiger partial charge in [-0.25, -0.2) is 14.6 Å². The first-order chi connectivity index (χ1) is 17.7. The highest BCUT2D eigenvalue weighted by molar-refractivity contribution is 7.22. The zero-order valence-corrected chi connectivity index (χ0v) is 20.5. The van der Waals surface area contributed by atoms with E-state index < -0.39 is 17.3 Å². The molecule has 0 radical (unpaired) electrons. The Bertz CT molecular complexity index is 1720. The first-order valence-corrected chi connectivity index (χ1v) is 12.3. The topological polar surface area (TPSA) is 95.7 Å². The number of rotatable bonds is 3. The minimum Gasteiger partial charge on any atom is -0.381 e. The van der Waals surface area contributed by atoms with Crippen molar-refractivity contribution in [1.29, 1.82) is 0 Å². The first kappa shape index (κ1) is 23.6. The molecule has 0 N–H and O–H groups in total. The normalized spacial score (nSPS) is 16.2. The molecule has 6 heterocycles. The van der Waals surface area contributed by atoms with Crippen LogP contribution in [0, 0.1) is 13.8 Å². The van der Waals surface area contributed by atoms with Gasteiger partial charge in [-0.1, -0.05) is 0 Å². The average Bonchev–Trinajstić information content (AvgIpc) is 3.55. The van der Waals surface area contributed by atoms with Gasteiger partial charge in [0.2, 0.25) is 5.43 Å². The van der Waals surface area contributed by atoms with Gasteiger partial charge in [-0.2, -0.15) is 18.3 Å². The first-order valence-electron chi connectivity index (χ1n) is 11.5. The van der Waals surface area contributed by atoms with Crippen LogP contribution < -0.4 is 5.43 Å². The van der Waals surface area contributed by atoms with E-state index in [1.165, 1.54) is 4.68 Å². The molecular formula is C25H19F3N6O2S. The highest BCUT2D eigenvalue weighted by Gasteiger charge is 2.33. The van der Waals surface area contributed by atoms with E-state index in [9.17, 15) is 18.0 Å². The van der Waals surface area contributed by atoms with Crippen molar-refractivity contribution in [3.05, 3.63) is 69.7 Å². The van der Waals surface area contributed by atoms with Crippen LogP contribution >= 0.6 is 11.3 Å². The van der Waals surface area contributed by atoms with Crippen LogP contribution in [0.15, 0.2) is 41.5 Å². The van der Waals surface area contributed by atoms with Gasteiger partial charge >= 0.3 is 6.18 Å². The van der Waals surface area contributed by atoms with Gasteiger partial charge in [0.05, 0.1) is 34.8 Å². The second-order valence-corrected chi connectivity index (χ2v) is 9.96. The van der Waals surface area contributed by atoms with E-state index in [2.05, 4.69) is 25.0 Å². The van der Waals surface area contributed by atoms with Gasteiger partial charge in [0.1, 0.15) is 5.69 Å². The maximum absolute atomic E-state index is 13.5. The van der Waals surface area contributed by atoms with Crippen LogP contribution in [-0.4, -0.2) is 42.9 Å². The smallest absolute Gasteiger partial charge is 0.381 e. The lowest BCUT2D eigenvalue weighted by atomic mass is 10.0. The summed E-state index contributed by atoms with van der Waals surface area (Å²) in [6.45, 7) is 4.88. The predicted octanol–water partition coefficient (Wildman–Crippen LogP) is 4.99. The number of fused-ring (bicyclic) bond motifs is 2. The summed E-state index contributed by atoms with van der Waals surface area (Å²) in [7, 11) is 0. The minimum absolute atomic E-state index is 0.0630. The summed E-state index contributed by atoms with van der Waals surface area (Å²) in [5.41, 5.74) is 1.74. The zero-order chi connectivity index (χ0) is 25.9. The molecule has 12 heteroatoms. The Labute approximate surface area is 211 Å². The highest BCUT2D eigenvalue weighted by atomic mass is 32.1. The molecule has 0 unspecified atom stereocenters. The lowest BCUT2D eigenvalue weighted by Crippen LogP contribution is -2.18. The predicted molar refractivity (Wildman–Crippen MR) is 132 cm³/mol. The second kappa shape index (κ2) is 8.67. The molecule has 0 amide bonds. The summed E-state index contributed by atoms with van der Waals surface area (Å²) >= 11 is 1.04. The molecular weight excluding hydrogens is 505 g/mol. The van der Waals surface area contributed by atoms with Crippen molar-refractivity contribution < 1.29 is 17.9 Å². The van der Waals surface area contributed by atoms with Crippen molar-refractivity contribution in [2.45, 2.75) is 32.4 Å². The Kier molecular flexibility index (Phi) is 5.53. The third-order valence-electron chi connectivity index (χ3n) is 6.41. The molecule has 188 valence electrons. The van der Waals surface area contributed by atoms with E-state index >= 15 is 0 Å². The number of ether oxygens (including phenoxy) is 1. The van der Waals surface area contributed by atoms with Crippen LogP contribution in [-0.2, 0) is 10.9 Å². The van der Waals surface area contributed by atoms with Gasteiger partial charge < -0.3 is 4.74 Å². The van der Waals surface area contributed by atoms with E-state index in [0.29, 0.717) is 45.3 Å². The molecule has 0 spiro atoms. The van der Waals surface area contributed by atoms with Crippen LogP contribution in [0.2, 0.25) is 0 Å². The summed E-state index contributed by atoms with van der Waals surface area (Å²) in [5.74, 6) is 0.224. The van der Waals surface area contributed by atoms with Crippen molar-refractivity contribution in [1.82, 2.24) is 29.7 Å². The third-order valence-corrected chi connectivity index (χ3v) is 7.51. The second-order valence-electron chi connectivity index (χ2n) is 8.87. The number of hydrogen-bond acceptors (Lipinski definition) is 8. The van der Waals surface area contributed by atoms with E-state index in [4.69, 9.17) is 4.74 Å². The molecule has 1 saturated heterocycles. The van der Waals surface area contributed by atoms with Gasteiger partial charge in [0.15, 0.2) is 16.9 Å². The minimum atomic E-state index is -4.57. The Hall–Kier alpha value is -3.77. The monoisotopic (exact) mass is 524 g/mol.